The van der Waals surface area contributed by atoms with Crippen molar-refractivity contribution in [2.75, 3.05) is 6.61 Å². The Kier molecular flexibility index (Phi) is 5.19. The van der Waals surface area contributed by atoms with Crippen LogP contribution in [0.2, 0.25) is 0 Å². The van der Waals surface area contributed by atoms with E-state index in [0.717, 1.165) is 11.8 Å². The largest absolute Gasteiger partial charge is 0.394 e. The first kappa shape index (κ1) is 14.2. The highest BCUT2D eigenvalue weighted by molar-refractivity contribution is 8.14. The van der Waals surface area contributed by atoms with Gasteiger partial charge in [-0.2, -0.15) is 0 Å². The molecule has 1 fully saturated rings. The Morgan fingerprint density at radius 3 is 2.65 bits per heavy atom. The zero-order valence-corrected chi connectivity index (χ0v) is 9.82. The van der Waals surface area contributed by atoms with Crippen LogP contribution >= 0.6 is 11.8 Å². The Morgan fingerprint density at radius 1 is 1.53 bits per heavy atom. The molecule has 1 heterocycles. The van der Waals surface area contributed by atoms with Crippen LogP contribution in [0, 0.1) is 0 Å². The Labute approximate surface area is 101 Å². The summed E-state index contributed by atoms with van der Waals surface area (Å²) < 4.78 is 5.16. The van der Waals surface area contributed by atoms with Crippen LogP contribution in [0.5, 0.6) is 0 Å². The highest BCUT2D eigenvalue weighted by Crippen LogP contribution is 2.30. The van der Waals surface area contributed by atoms with E-state index in [1.807, 2.05) is 0 Å². The predicted molar refractivity (Wildman–Crippen MR) is 59.0 cm³/mol. The molecule has 9 heteroatoms. The Hall–Kier alpha value is -0.830. The molecular weight excluding hydrogens is 250 g/mol. The number of ether oxygens (including phenoxy) is 1. The lowest BCUT2D eigenvalue weighted by molar-refractivity contribution is -0.160. The van der Waals surface area contributed by atoms with Crippen molar-refractivity contribution in [2.45, 2.75) is 36.7 Å². The summed E-state index contributed by atoms with van der Waals surface area (Å²) in [5.41, 5.74) is 7.37. The molecule has 0 radical (unpaired) electrons. The van der Waals surface area contributed by atoms with Gasteiger partial charge in [-0.05, 0) is 5.53 Å². The van der Waals surface area contributed by atoms with Gasteiger partial charge in [0.25, 0.3) is 0 Å². The quantitative estimate of drug-likeness (QED) is 0.353. The van der Waals surface area contributed by atoms with Gasteiger partial charge in [-0.25, -0.2) is 0 Å². The number of aliphatic hydroxyl groups is 3. The van der Waals surface area contributed by atoms with Gasteiger partial charge in [0.15, 0.2) is 5.12 Å². The fourth-order valence-electron chi connectivity index (χ4n) is 1.52. The smallest absolute Gasteiger partial charge is 0.188 e. The molecule has 0 amide bonds. The summed E-state index contributed by atoms with van der Waals surface area (Å²) in [5, 5.41) is 31.4. The zero-order valence-electron chi connectivity index (χ0n) is 9.00. The Morgan fingerprint density at radius 2 is 2.18 bits per heavy atom. The Bertz CT molecular complexity index is 335. The van der Waals surface area contributed by atoms with Gasteiger partial charge in [0.2, 0.25) is 0 Å². The topological polar surface area (TPSA) is 136 Å². The van der Waals surface area contributed by atoms with Crippen molar-refractivity contribution in [1.82, 2.24) is 0 Å². The van der Waals surface area contributed by atoms with Crippen LogP contribution in [0.3, 0.4) is 0 Å². The maximum atomic E-state index is 10.9. The molecule has 1 aliphatic rings. The molecule has 0 aromatic rings. The normalized spacial score (nSPS) is 37.3. The van der Waals surface area contributed by atoms with Gasteiger partial charge in [0.1, 0.15) is 17.6 Å². The summed E-state index contributed by atoms with van der Waals surface area (Å²) >= 11 is 0.718. The van der Waals surface area contributed by atoms with Crippen LogP contribution in [0.4, 0.5) is 0 Å². The lowest BCUT2D eigenvalue weighted by Crippen LogP contribution is -2.56. The summed E-state index contributed by atoms with van der Waals surface area (Å²) in [7, 11) is 0. The SMILES string of the molecule is CC(=O)S[C@H]1OC(CO)[C@H](O)[C@H](N=[N+]=[N-])C1O. The molecule has 0 aromatic carbocycles. The number of carbonyl (C=O) groups is 1. The van der Waals surface area contributed by atoms with Crippen LogP contribution < -0.4 is 0 Å². The molecule has 0 aliphatic carbocycles. The molecule has 0 saturated carbocycles. The molecule has 17 heavy (non-hydrogen) atoms. The molecule has 1 rings (SSSR count). The van der Waals surface area contributed by atoms with Crippen molar-refractivity contribution in [2.24, 2.45) is 5.11 Å². The number of azide groups is 1. The standard InChI is InChI=1S/C8H13N3O5S/c1-3(13)17-8-7(15)5(10-11-9)6(14)4(2-12)16-8/h4-8,12,14-15H,2H2,1H3/t4?,5-,6-,7?,8+/m0/s1. The van der Waals surface area contributed by atoms with Gasteiger partial charge >= 0.3 is 0 Å². The average molecular weight is 263 g/mol. The lowest BCUT2D eigenvalue weighted by atomic mass is 9.98. The van der Waals surface area contributed by atoms with Gasteiger partial charge in [0.05, 0.1) is 18.8 Å². The van der Waals surface area contributed by atoms with Crippen LogP contribution in [-0.4, -0.2) is 56.8 Å². The summed E-state index contributed by atoms with van der Waals surface area (Å²) in [5.74, 6) is 0. The van der Waals surface area contributed by atoms with E-state index in [1.54, 1.807) is 0 Å². The number of thioether (sulfide) groups is 1. The van der Waals surface area contributed by atoms with E-state index in [2.05, 4.69) is 10.0 Å². The molecule has 1 saturated heterocycles. The van der Waals surface area contributed by atoms with E-state index < -0.39 is 36.4 Å². The number of hydrogen-bond donors (Lipinski definition) is 3. The van der Waals surface area contributed by atoms with Gasteiger partial charge in [-0.1, -0.05) is 16.9 Å². The summed E-state index contributed by atoms with van der Waals surface area (Å²) in [4.78, 5) is 13.5. The second-order valence-corrected chi connectivity index (χ2v) is 4.79. The Balaban J connectivity index is 2.88. The number of hydrogen-bond acceptors (Lipinski definition) is 7. The minimum Gasteiger partial charge on any atom is -0.394 e. The summed E-state index contributed by atoms with van der Waals surface area (Å²) in [6.07, 6.45) is -3.61. The first-order valence-electron chi connectivity index (χ1n) is 4.85. The maximum Gasteiger partial charge on any atom is 0.188 e. The van der Waals surface area contributed by atoms with E-state index in [0.29, 0.717) is 0 Å². The number of rotatable bonds is 3. The first-order chi connectivity index (χ1) is 8.01. The molecule has 0 bridgehead atoms. The van der Waals surface area contributed by atoms with E-state index in [1.165, 1.54) is 6.92 Å². The van der Waals surface area contributed by atoms with Crippen LogP contribution in [0.15, 0.2) is 5.11 Å². The van der Waals surface area contributed by atoms with E-state index in [4.69, 9.17) is 15.4 Å². The second kappa shape index (κ2) is 6.20. The van der Waals surface area contributed by atoms with Crippen molar-refractivity contribution in [1.29, 1.82) is 0 Å². The monoisotopic (exact) mass is 263 g/mol. The van der Waals surface area contributed by atoms with Crippen LogP contribution in [0.1, 0.15) is 6.92 Å². The zero-order chi connectivity index (χ0) is 13.0. The average Bonchev–Trinajstić information content (AvgIpc) is 2.27. The molecule has 1 aliphatic heterocycles. The van der Waals surface area contributed by atoms with Gasteiger partial charge < -0.3 is 20.1 Å². The van der Waals surface area contributed by atoms with E-state index in [-0.39, 0.29) is 5.12 Å². The maximum absolute atomic E-state index is 10.9. The van der Waals surface area contributed by atoms with Crippen molar-refractivity contribution in [3.05, 3.63) is 10.4 Å². The fraction of sp³-hybridized carbons (Fsp3) is 0.875. The molecule has 96 valence electrons. The molecular formula is C8H13N3O5S. The van der Waals surface area contributed by atoms with Gasteiger partial charge in [-0.3, -0.25) is 4.79 Å². The summed E-state index contributed by atoms with van der Waals surface area (Å²) in [6.45, 7) is 0.794. The van der Waals surface area contributed by atoms with Crippen molar-refractivity contribution < 1.29 is 24.9 Å². The van der Waals surface area contributed by atoms with Crippen molar-refractivity contribution in [3.8, 4) is 0 Å². The molecule has 0 spiro atoms. The molecule has 2 unspecified atom stereocenters. The highest BCUT2D eigenvalue weighted by atomic mass is 32.2. The minimum absolute atomic E-state index is 0.290. The first-order valence-corrected chi connectivity index (χ1v) is 5.73. The molecule has 3 N–H and O–H groups in total. The highest BCUT2D eigenvalue weighted by Gasteiger charge is 2.44. The molecule has 8 nitrogen and oxygen atoms in total. The third-order valence-electron chi connectivity index (χ3n) is 2.32. The lowest BCUT2D eigenvalue weighted by Gasteiger charge is -2.39. The molecule has 5 atom stereocenters. The van der Waals surface area contributed by atoms with E-state index >= 15 is 0 Å². The third kappa shape index (κ3) is 3.32. The second-order valence-electron chi connectivity index (χ2n) is 3.51. The van der Waals surface area contributed by atoms with Gasteiger partial charge in [0, 0.05) is 11.8 Å². The minimum atomic E-state index is -1.31. The van der Waals surface area contributed by atoms with Gasteiger partial charge in [-0.15, -0.1) is 0 Å². The number of carbonyl (C=O) groups excluding carboxylic acids is 1. The van der Waals surface area contributed by atoms with E-state index in [9.17, 15) is 15.0 Å². The molecule has 0 aromatic heterocycles. The van der Waals surface area contributed by atoms with Crippen molar-refractivity contribution >= 4 is 16.9 Å². The van der Waals surface area contributed by atoms with Crippen LogP contribution in [-0.2, 0) is 9.53 Å². The van der Waals surface area contributed by atoms with Crippen LogP contribution in [0.25, 0.3) is 10.4 Å². The number of nitrogens with zero attached hydrogens (tertiary/aromatic N) is 3. The third-order valence-corrected chi connectivity index (χ3v) is 3.27. The predicted octanol–water partition coefficient (Wildman–Crippen LogP) is -0.616. The van der Waals surface area contributed by atoms with Crippen molar-refractivity contribution in [3.63, 3.8) is 0 Å². The fourth-order valence-corrected chi connectivity index (χ4v) is 2.35. The number of aliphatic hydroxyl groups excluding tert-OH is 3. The summed E-state index contributed by atoms with van der Waals surface area (Å²) in [6, 6.07) is -1.15.